The number of benzene rings is 10. The van der Waals surface area contributed by atoms with Crippen molar-refractivity contribution in [3.63, 3.8) is 0 Å². The smallest absolute Gasteiger partial charge is 0.187 e. The molecule has 3 aromatic heterocycles. The maximum absolute atomic E-state index is 10.3. The fourth-order valence-electron chi connectivity index (χ4n) is 10.5. The van der Waals surface area contributed by atoms with Gasteiger partial charge in [0.25, 0.3) is 0 Å². The van der Waals surface area contributed by atoms with E-state index in [1.807, 2.05) is 109 Å². The van der Waals surface area contributed by atoms with Gasteiger partial charge in [-0.1, -0.05) is 170 Å². The van der Waals surface area contributed by atoms with Crippen molar-refractivity contribution in [2.45, 2.75) is 0 Å². The van der Waals surface area contributed by atoms with E-state index in [1.165, 1.54) is 0 Å². The van der Waals surface area contributed by atoms with E-state index in [-0.39, 0.29) is 0 Å². The fraction of sp³-hybridized carbons (Fsp3) is 0. The first-order valence-electron chi connectivity index (χ1n) is 24.2. The van der Waals surface area contributed by atoms with Gasteiger partial charge in [-0.25, -0.2) is 19.8 Å². The first-order chi connectivity index (χ1) is 36.6. The third kappa shape index (κ3) is 7.25. The third-order valence-corrected chi connectivity index (χ3v) is 13.9. The van der Waals surface area contributed by atoms with Crippen molar-refractivity contribution < 1.29 is 0 Å². The Labute approximate surface area is 426 Å². The van der Waals surface area contributed by atoms with Crippen LogP contribution in [-0.4, -0.2) is 24.1 Å². The highest BCUT2D eigenvalue weighted by molar-refractivity contribution is 6.11. The topological polar surface area (TPSA) is 100 Å². The largest absolute Gasteiger partial charge is 0.309 e. The van der Waals surface area contributed by atoms with Crippen molar-refractivity contribution in [3.8, 4) is 91.1 Å². The van der Waals surface area contributed by atoms with Gasteiger partial charge in [-0.15, -0.1) is 0 Å². The number of aromatic nitrogens is 5. The minimum Gasteiger partial charge on any atom is -0.309 e. The first kappa shape index (κ1) is 43.3. The highest BCUT2D eigenvalue weighted by Crippen LogP contribution is 2.42. The van der Waals surface area contributed by atoms with Crippen LogP contribution >= 0.6 is 0 Å². The van der Waals surface area contributed by atoms with Crippen molar-refractivity contribution >= 4 is 49.3 Å². The molecule has 0 N–H and O–H groups in total. The highest BCUT2D eigenvalue weighted by Gasteiger charge is 2.23. The lowest BCUT2D eigenvalue weighted by atomic mass is 9.95. The molecular weight excluding hydrogens is 905 g/mol. The Morgan fingerprint density at radius 1 is 0.351 bits per heavy atom. The summed E-state index contributed by atoms with van der Waals surface area (Å²) in [7, 11) is 0. The van der Waals surface area contributed by atoms with Gasteiger partial charge >= 0.3 is 0 Å². The quantitative estimate of drug-likeness (QED) is 0.141. The Balaban J connectivity index is 1.10. The minimum atomic E-state index is 0.435. The molecule has 13 aromatic rings. The number of rotatable bonds is 8. The molecule has 10 aromatic carbocycles. The highest BCUT2D eigenvalue weighted by atomic mass is 15.0. The lowest BCUT2D eigenvalue weighted by Crippen LogP contribution is -2.04. The minimum absolute atomic E-state index is 0.435. The summed E-state index contributed by atoms with van der Waals surface area (Å²) in [5, 5.41) is 24.9. The van der Waals surface area contributed by atoms with Gasteiger partial charge in [0.1, 0.15) is 0 Å². The Kier molecular flexibility index (Phi) is 10.5. The van der Waals surface area contributed by atoms with Crippen LogP contribution in [0.1, 0.15) is 11.1 Å². The average Bonchev–Trinajstić information content (AvgIpc) is 4.03. The Morgan fingerprint density at radius 3 is 1.31 bits per heavy atom. The summed E-state index contributed by atoms with van der Waals surface area (Å²) in [6, 6.07) is 82.0. The number of fused-ring (bicyclic) bond motifs is 6. The molecular formula is C66H38N8. The van der Waals surface area contributed by atoms with Crippen LogP contribution in [0.3, 0.4) is 0 Å². The molecule has 0 spiro atoms. The summed E-state index contributed by atoms with van der Waals surface area (Å²) in [4.78, 5) is 19.9. The maximum atomic E-state index is 10.3. The van der Waals surface area contributed by atoms with E-state index in [4.69, 9.17) is 21.5 Å². The molecule has 13 rings (SSSR count). The van der Waals surface area contributed by atoms with Crippen LogP contribution < -0.4 is 0 Å². The SMILES string of the molecule is [C-]#[N+]c1cccc(-c2ccc(-c3nc(-c4ccc(-c5cccc(C#N)c5)c(-n5c6ccccc6c6ccccc65)c4)nc(-c4ccccc4-c4ccccc4C#N)n3)cc2-n2c3ccccc3c3ccccc32)c1. The molecule has 342 valence electrons. The number of nitriles is 2. The van der Waals surface area contributed by atoms with Gasteiger partial charge in [0, 0.05) is 54.9 Å². The molecule has 0 fully saturated rings. The van der Waals surface area contributed by atoms with E-state index < -0.39 is 0 Å². The molecule has 8 heteroatoms. The second-order valence-corrected chi connectivity index (χ2v) is 18.1. The summed E-state index contributed by atoms with van der Waals surface area (Å²) in [6.45, 7) is 7.90. The molecule has 8 nitrogen and oxygen atoms in total. The Morgan fingerprint density at radius 2 is 0.797 bits per heavy atom. The first-order valence-corrected chi connectivity index (χ1v) is 24.2. The van der Waals surface area contributed by atoms with Gasteiger partial charge < -0.3 is 9.13 Å². The molecule has 0 radical (unpaired) electrons. The van der Waals surface area contributed by atoms with Crippen LogP contribution in [-0.2, 0) is 0 Å². The molecule has 0 saturated heterocycles. The van der Waals surface area contributed by atoms with E-state index in [0.29, 0.717) is 34.3 Å². The lowest BCUT2D eigenvalue weighted by Gasteiger charge is -2.18. The summed E-state index contributed by atoms with van der Waals surface area (Å²) in [5.41, 5.74) is 15.1. The standard InChI is InChI=1S/C66H38N8/c1-69-48-20-15-19-44(37-48)51-35-33-46(39-63(51)74-60-30-12-8-25-55(60)56-26-9-13-31-61(56)74)65-70-64(71-66(72-65)57-27-5-4-22-52(57)49-21-3-2-17-47(49)41-68)45-32-34-50(43-18-14-16-42(36-43)40-67)62(38-45)73-58-28-10-6-23-53(58)54-24-7-11-29-59(54)73/h2-39H. The van der Waals surface area contributed by atoms with Gasteiger partial charge in [0.2, 0.25) is 0 Å². The van der Waals surface area contributed by atoms with Crippen LogP contribution in [0.2, 0.25) is 0 Å². The van der Waals surface area contributed by atoms with E-state index in [2.05, 4.69) is 147 Å². The molecule has 0 aliphatic heterocycles. The maximum Gasteiger partial charge on any atom is 0.187 e. The van der Waals surface area contributed by atoms with Crippen molar-refractivity contribution in [2.24, 2.45) is 0 Å². The second kappa shape index (κ2) is 17.9. The summed E-state index contributed by atoms with van der Waals surface area (Å²) < 4.78 is 4.59. The summed E-state index contributed by atoms with van der Waals surface area (Å²) >= 11 is 0. The van der Waals surface area contributed by atoms with Crippen LogP contribution in [0.5, 0.6) is 0 Å². The van der Waals surface area contributed by atoms with Crippen LogP contribution in [0.15, 0.2) is 231 Å². The molecule has 0 saturated carbocycles. The monoisotopic (exact) mass is 942 g/mol. The number of nitrogens with zero attached hydrogens (tertiary/aromatic N) is 8. The van der Waals surface area contributed by atoms with Crippen molar-refractivity contribution in [3.05, 3.63) is 253 Å². The van der Waals surface area contributed by atoms with Crippen LogP contribution in [0.25, 0.3) is 127 Å². The van der Waals surface area contributed by atoms with Crippen molar-refractivity contribution in [1.82, 2.24) is 24.1 Å². The van der Waals surface area contributed by atoms with E-state index >= 15 is 0 Å². The lowest BCUT2D eigenvalue weighted by molar-refractivity contribution is 1.07. The molecule has 74 heavy (non-hydrogen) atoms. The number of hydrogen-bond donors (Lipinski definition) is 0. The zero-order chi connectivity index (χ0) is 49.7. The molecule has 0 unspecified atom stereocenters. The summed E-state index contributed by atoms with van der Waals surface area (Å²) in [5.74, 6) is 1.32. The zero-order valence-corrected chi connectivity index (χ0v) is 39.5. The van der Waals surface area contributed by atoms with Gasteiger partial charge in [-0.05, 0) is 77.4 Å². The predicted octanol–water partition coefficient (Wildman–Crippen LogP) is 16.4. The van der Waals surface area contributed by atoms with Gasteiger partial charge in [0.05, 0.1) is 63.3 Å². The van der Waals surface area contributed by atoms with E-state index in [0.717, 1.165) is 105 Å². The number of para-hydroxylation sites is 4. The van der Waals surface area contributed by atoms with E-state index in [9.17, 15) is 10.5 Å². The zero-order valence-electron chi connectivity index (χ0n) is 39.5. The normalized spacial score (nSPS) is 11.2. The van der Waals surface area contributed by atoms with Crippen molar-refractivity contribution in [1.29, 1.82) is 10.5 Å². The summed E-state index contributed by atoms with van der Waals surface area (Å²) in [6.07, 6.45) is 0. The molecule has 0 atom stereocenters. The van der Waals surface area contributed by atoms with Gasteiger partial charge in [-0.3, -0.25) is 0 Å². The predicted molar refractivity (Wildman–Crippen MR) is 297 cm³/mol. The molecule has 0 aliphatic carbocycles. The third-order valence-electron chi connectivity index (χ3n) is 13.9. The van der Waals surface area contributed by atoms with Gasteiger partial charge in [0.15, 0.2) is 23.2 Å². The molecule has 3 heterocycles. The second-order valence-electron chi connectivity index (χ2n) is 18.1. The Bertz CT molecular complexity index is 4210. The number of hydrogen-bond acceptors (Lipinski definition) is 5. The molecule has 0 bridgehead atoms. The van der Waals surface area contributed by atoms with Crippen LogP contribution in [0, 0.1) is 29.2 Å². The van der Waals surface area contributed by atoms with Crippen LogP contribution in [0.4, 0.5) is 5.69 Å². The van der Waals surface area contributed by atoms with Gasteiger partial charge in [-0.2, -0.15) is 10.5 Å². The molecule has 0 amide bonds. The molecule has 0 aliphatic rings. The Hall–Kier alpha value is -10.7. The fourth-order valence-corrected chi connectivity index (χ4v) is 10.5. The average molecular weight is 943 g/mol. The van der Waals surface area contributed by atoms with Crippen molar-refractivity contribution in [2.75, 3.05) is 0 Å². The van der Waals surface area contributed by atoms with E-state index in [1.54, 1.807) is 0 Å².